The summed E-state index contributed by atoms with van der Waals surface area (Å²) in [5.74, 6) is -1.36. The van der Waals surface area contributed by atoms with Gasteiger partial charge >= 0.3 is 6.18 Å². The molecule has 1 N–H and O–H groups in total. The summed E-state index contributed by atoms with van der Waals surface area (Å²) in [5.41, 5.74) is -0.662. The largest absolute Gasteiger partial charge is 0.491 e. The first-order valence-corrected chi connectivity index (χ1v) is 8.66. The third-order valence-corrected chi connectivity index (χ3v) is 3.98. The lowest BCUT2D eigenvalue weighted by Gasteiger charge is -2.17. The van der Waals surface area contributed by atoms with E-state index in [1.165, 1.54) is 53.3 Å². The second-order valence-corrected chi connectivity index (χ2v) is 6.28. The molecule has 0 radical (unpaired) electrons. The molecule has 0 aliphatic rings. The molecule has 1 heterocycles. The van der Waals surface area contributed by atoms with Crippen LogP contribution in [0, 0.1) is 5.82 Å². The van der Waals surface area contributed by atoms with E-state index in [2.05, 4.69) is 10.4 Å². The fraction of sp³-hybridized carbons (Fsp3) is 0.200. The monoisotopic (exact) mass is 407 g/mol. The number of rotatable bonds is 6. The van der Waals surface area contributed by atoms with Crippen molar-refractivity contribution in [3.63, 3.8) is 0 Å². The van der Waals surface area contributed by atoms with Gasteiger partial charge in [-0.05, 0) is 37.3 Å². The van der Waals surface area contributed by atoms with Crippen LogP contribution in [0.2, 0.25) is 0 Å². The first-order chi connectivity index (χ1) is 13.8. The molecule has 1 atom stereocenters. The first kappa shape index (κ1) is 20.4. The predicted molar refractivity (Wildman–Crippen MR) is 97.4 cm³/mol. The summed E-state index contributed by atoms with van der Waals surface area (Å²) in [6.07, 6.45) is -3.10. The lowest BCUT2D eigenvalue weighted by Crippen LogP contribution is -2.37. The van der Waals surface area contributed by atoms with E-state index in [1.807, 2.05) is 0 Å². The van der Waals surface area contributed by atoms with Crippen LogP contribution in [0.5, 0.6) is 5.75 Å². The summed E-state index contributed by atoms with van der Waals surface area (Å²) < 4.78 is 59.2. The standard InChI is InChI=1S/C20H17F4N3O2/c1-13(12-29-18-9-5-2-6-14(18)20(22,23)24)25-19(28)16-10-11-27(26-16)17-8-4-3-7-15(17)21/h2-11,13H,12H2,1H3,(H,25,28). The van der Waals surface area contributed by atoms with Crippen molar-refractivity contribution in [2.45, 2.75) is 19.1 Å². The molecular formula is C20H17F4N3O2. The van der Waals surface area contributed by atoms with Crippen LogP contribution >= 0.6 is 0 Å². The van der Waals surface area contributed by atoms with E-state index >= 15 is 0 Å². The van der Waals surface area contributed by atoms with Gasteiger partial charge in [-0.15, -0.1) is 0 Å². The Morgan fingerprint density at radius 3 is 2.55 bits per heavy atom. The normalized spacial score (nSPS) is 12.4. The minimum absolute atomic E-state index is 0.0378. The van der Waals surface area contributed by atoms with Crippen molar-refractivity contribution in [1.29, 1.82) is 0 Å². The molecular weight excluding hydrogens is 390 g/mol. The highest BCUT2D eigenvalue weighted by molar-refractivity contribution is 5.92. The van der Waals surface area contributed by atoms with Crippen LogP contribution in [0.15, 0.2) is 60.8 Å². The average molecular weight is 407 g/mol. The lowest BCUT2D eigenvalue weighted by atomic mass is 10.2. The number of aromatic nitrogens is 2. The highest BCUT2D eigenvalue weighted by atomic mass is 19.4. The second-order valence-electron chi connectivity index (χ2n) is 6.28. The number of hydrogen-bond acceptors (Lipinski definition) is 3. The van der Waals surface area contributed by atoms with Gasteiger partial charge in [0.1, 0.15) is 23.9 Å². The number of halogens is 4. The summed E-state index contributed by atoms with van der Waals surface area (Å²) in [5, 5.41) is 6.62. The zero-order chi connectivity index (χ0) is 21.0. The summed E-state index contributed by atoms with van der Waals surface area (Å²) in [6.45, 7) is 1.41. The molecule has 1 aromatic heterocycles. The molecule has 2 aromatic carbocycles. The van der Waals surface area contributed by atoms with Crippen LogP contribution in [0.3, 0.4) is 0 Å². The number of nitrogens with one attached hydrogen (secondary N) is 1. The Labute approximate surface area is 163 Å². The van der Waals surface area contributed by atoms with Gasteiger partial charge in [0.15, 0.2) is 5.69 Å². The summed E-state index contributed by atoms with van der Waals surface area (Å²) >= 11 is 0. The van der Waals surface area contributed by atoms with Crippen LogP contribution in [0.25, 0.3) is 5.69 Å². The van der Waals surface area contributed by atoms with Gasteiger partial charge in [0, 0.05) is 6.20 Å². The van der Waals surface area contributed by atoms with Gasteiger partial charge in [-0.25, -0.2) is 9.07 Å². The Morgan fingerprint density at radius 2 is 1.83 bits per heavy atom. The van der Waals surface area contributed by atoms with Crippen LogP contribution < -0.4 is 10.1 Å². The molecule has 1 amide bonds. The van der Waals surface area contributed by atoms with Crippen molar-refractivity contribution >= 4 is 5.91 Å². The maximum Gasteiger partial charge on any atom is 0.419 e. The molecule has 0 aliphatic carbocycles. The number of nitrogens with zero attached hydrogens (tertiary/aromatic N) is 2. The molecule has 3 aromatic rings. The number of ether oxygens (including phenoxy) is 1. The van der Waals surface area contributed by atoms with E-state index in [0.29, 0.717) is 0 Å². The quantitative estimate of drug-likeness (QED) is 0.623. The smallest absolute Gasteiger partial charge is 0.419 e. The number of benzene rings is 2. The van der Waals surface area contributed by atoms with Crippen LogP contribution in [0.4, 0.5) is 17.6 Å². The van der Waals surface area contributed by atoms with Gasteiger partial charge in [0.25, 0.3) is 5.91 Å². The second kappa shape index (κ2) is 8.34. The predicted octanol–water partition coefficient (Wildman–Crippen LogP) is 4.23. The Bertz CT molecular complexity index is 1000. The van der Waals surface area contributed by atoms with Crippen LogP contribution in [-0.2, 0) is 6.18 Å². The van der Waals surface area contributed by atoms with Crippen molar-refractivity contribution < 1.29 is 27.1 Å². The highest BCUT2D eigenvalue weighted by Crippen LogP contribution is 2.35. The van der Waals surface area contributed by atoms with Gasteiger partial charge in [0.2, 0.25) is 0 Å². The molecule has 0 aliphatic heterocycles. The first-order valence-electron chi connectivity index (χ1n) is 8.66. The van der Waals surface area contributed by atoms with Crippen LogP contribution in [-0.4, -0.2) is 28.3 Å². The Balaban J connectivity index is 1.62. The van der Waals surface area contributed by atoms with Gasteiger partial charge in [-0.1, -0.05) is 24.3 Å². The number of para-hydroxylation sites is 2. The van der Waals surface area contributed by atoms with Crippen LogP contribution in [0.1, 0.15) is 23.0 Å². The van der Waals surface area contributed by atoms with Crippen molar-refractivity contribution in [2.75, 3.05) is 6.61 Å². The summed E-state index contributed by atoms with van der Waals surface area (Å²) in [4.78, 5) is 12.3. The van der Waals surface area contributed by atoms with Gasteiger partial charge in [0.05, 0.1) is 11.6 Å². The van der Waals surface area contributed by atoms with Crippen molar-refractivity contribution in [3.8, 4) is 11.4 Å². The summed E-state index contributed by atoms with van der Waals surface area (Å²) in [6, 6.07) is 11.6. The Kier molecular flexibility index (Phi) is 5.86. The molecule has 0 spiro atoms. The minimum Gasteiger partial charge on any atom is -0.491 e. The van der Waals surface area contributed by atoms with E-state index in [0.717, 1.165) is 6.07 Å². The van der Waals surface area contributed by atoms with Gasteiger partial charge in [-0.2, -0.15) is 18.3 Å². The Hall–Kier alpha value is -3.36. The maximum absolute atomic E-state index is 13.8. The van der Waals surface area contributed by atoms with E-state index in [-0.39, 0.29) is 23.7 Å². The number of carbonyl (C=O) groups excluding carboxylic acids is 1. The molecule has 0 bridgehead atoms. The molecule has 1 unspecified atom stereocenters. The number of amides is 1. The average Bonchev–Trinajstić information content (AvgIpc) is 3.16. The number of hydrogen-bond donors (Lipinski definition) is 1. The van der Waals surface area contributed by atoms with E-state index in [4.69, 9.17) is 4.74 Å². The molecule has 3 rings (SSSR count). The fourth-order valence-corrected chi connectivity index (χ4v) is 2.60. The number of carbonyl (C=O) groups is 1. The molecule has 0 fully saturated rings. The number of alkyl halides is 3. The van der Waals surface area contributed by atoms with E-state index < -0.39 is 29.5 Å². The van der Waals surface area contributed by atoms with Crippen molar-refractivity contribution in [2.24, 2.45) is 0 Å². The molecule has 152 valence electrons. The topological polar surface area (TPSA) is 56.1 Å². The van der Waals surface area contributed by atoms with E-state index in [1.54, 1.807) is 13.0 Å². The van der Waals surface area contributed by atoms with Crippen molar-refractivity contribution in [3.05, 3.63) is 77.9 Å². The third-order valence-electron chi connectivity index (χ3n) is 3.98. The zero-order valence-electron chi connectivity index (χ0n) is 15.3. The lowest BCUT2D eigenvalue weighted by molar-refractivity contribution is -0.139. The molecule has 0 saturated heterocycles. The highest BCUT2D eigenvalue weighted by Gasteiger charge is 2.34. The fourth-order valence-electron chi connectivity index (χ4n) is 2.60. The third kappa shape index (κ3) is 4.92. The van der Waals surface area contributed by atoms with Gasteiger partial charge in [-0.3, -0.25) is 4.79 Å². The molecule has 0 saturated carbocycles. The summed E-state index contributed by atoms with van der Waals surface area (Å²) in [7, 11) is 0. The Morgan fingerprint density at radius 1 is 1.14 bits per heavy atom. The van der Waals surface area contributed by atoms with Crippen molar-refractivity contribution in [1.82, 2.24) is 15.1 Å². The van der Waals surface area contributed by atoms with Gasteiger partial charge < -0.3 is 10.1 Å². The maximum atomic E-state index is 13.8. The minimum atomic E-state index is -4.54. The SMILES string of the molecule is CC(COc1ccccc1C(F)(F)F)NC(=O)c1ccn(-c2ccccc2F)n1. The molecule has 9 heteroatoms. The van der Waals surface area contributed by atoms with E-state index in [9.17, 15) is 22.4 Å². The molecule has 29 heavy (non-hydrogen) atoms. The molecule has 5 nitrogen and oxygen atoms in total. The zero-order valence-corrected chi connectivity index (χ0v) is 15.3.